The third-order valence-corrected chi connectivity index (χ3v) is 5.41. The minimum absolute atomic E-state index is 0.0651. The quantitative estimate of drug-likeness (QED) is 0.732. The molecule has 2 fully saturated rings. The third-order valence-electron chi connectivity index (χ3n) is 5.41. The summed E-state index contributed by atoms with van der Waals surface area (Å²) in [7, 11) is 1.52. The Morgan fingerprint density at radius 1 is 1.29 bits per heavy atom. The van der Waals surface area contributed by atoms with E-state index in [2.05, 4.69) is 31.0 Å². The molecule has 1 saturated carbocycles. The second-order valence-corrected chi connectivity index (χ2v) is 7.14. The first kappa shape index (κ1) is 16.8. The van der Waals surface area contributed by atoms with Crippen molar-refractivity contribution in [2.24, 2.45) is 17.8 Å². The van der Waals surface area contributed by atoms with Crippen molar-refractivity contribution in [1.29, 1.82) is 0 Å². The SMILES string of the molecule is CCCNC(CN1CCC(C)C(C)C1)(C(=O)OC)C1CC1. The highest BCUT2D eigenvalue weighted by molar-refractivity contribution is 5.82. The molecule has 0 amide bonds. The van der Waals surface area contributed by atoms with E-state index in [0.717, 1.165) is 51.4 Å². The number of piperidine rings is 1. The van der Waals surface area contributed by atoms with Gasteiger partial charge in [-0.05, 0) is 56.5 Å². The van der Waals surface area contributed by atoms with E-state index in [9.17, 15) is 4.79 Å². The summed E-state index contributed by atoms with van der Waals surface area (Å²) < 4.78 is 5.18. The molecule has 0 aromatic rings. The Bertz CT molecular complexity index is 357. The van der Waals surface area contributed by atoms with E-state index < -0.39 is 5.54 Å². The van der Waals surface area contributed by atoms with Crippen LogP contribution in [0.25, 0.3) is 0 Å². The molecule has 21 heavy (non-hydrogen) atoms. The van der Waals surface area contributed by atoms with Gasteiger partial charge in [0.15, 0.2) is 0 Å². The minimum Gasteiger partial charge on any atom is -0.468 e. The molecule has 3 unspecified atom stereocenters. The van der Waals surface area contributed by atoms with Gasteiger partial charge >= 0.3 is 5.97 Å². The van der Waals surface area contributed by atoms with E-state index in [1.807, 2.05) is 0 Å². The van der Waals surface area contributed by atoms with Crippen molar-refractivity contribution < 1.29 is 9.53 Å². The Balaban J connectivity index is 2.09. The van der Waals surface area contributed by atoms with Crippen LogP contribution < -0.4 is 5.32 Å². The summed E-state index contributed by atoms with van der Waals surface area (Å²) in [6.45, 7) is 10.7. The highest BCUT2D eigenvalue weighted by Crippen LogP contribution is 2.41. The van der Waals surface area contributed by atoms with Gasteiger partial charge in [0, 0.05) is 13.1 Å². The molecule has 2 aliphatic rings. The Morgan fingerprint density at radius 3 is 2.52 bits per heavy atom. The van der Waals surface area contributed by atoms with Crippen molar-refractivity contribution in [3.05, 3.63) is 0 Å². The van der Waals surface area contributed by atoms with Crippen molar-refractivity contribution in [2.45, 2.75) is 52.0 Å². The molecule has 0 bridgehead atoms. The van der Waals surface area contributed by atoms with E-state index >= 15 is 0 Å². The van der Waals surface area contributed by atoms with Crippen LogP contribution in [0.2, 0.25) is 0 Å². The monoisotopic (exact) mass is 296 g/mol. The van der Waals surface area contributed by atoms with E-state index in [-0.39, 0.29) is 5.97 Å². The molecule has 0 aromatic carbocycles. The first-order valence-corrected chi connectivity index (χ1v) is 8.59. The molecule has 1 heterocycles. The Kier molecular flexibility index (Phi) is 5.67. The summed E-state index contributed by atoms with van der Waals surface area (Å²) in [5.41, 5.74) is -0.481. The van der Waals surface area contributed by atoms with E-state index in [1.165, 1.54) is 13.5 Å². The largest absolute Gasteiger partial charge is 0.468 e. The van der Waals surface area contributed by atoms with Crippen molar-refractivity contribution >= 4 is 5.97 Å². The number of nitrogens with one attached hydrogen (secondary N) is 1. The van der Waals surface area contributed by atoms with Crippen molar-refractivity contribution in [3.8, 4) is 0 Å². The predicted octanol–water partition coefficient (Wildman–Crippen LogP) is 2.29. The summed E-state index contributed by atoms with van der Waals surface area (Å²) in [4.78, 5) is 15.0. The Hall–Kier alpha value is -0.610. The number of hydrogen-bond acceptors (Lipinski definition) is 4. The van der Waals surface area contributed by atoms with Crippen LogP contribution in [0.3, 0.4) is 0 Å². The molecule has 0 spiro atoms. The number of hydrogen-bond donors (Lipinski definition) is 1. The lowest BCUT2D eigenvalue weighted by Crippen LogP contribution is -2.62. The molecule has 3 atom stereocenters. The van der Waals surface area contributed by atoms with Crippen LogP contribution in [0.5, 0.6) is 0 Å². The van der Waals surface area contributed by atoms with Crippen molar-refractivity contribution in [2.75, 3.05) is 33.3 Å². The van der Waals surface area contributed by atoms with Crippen LogP contribution in [0, 0.1) is 17.8 Å². The van der Waals surface area contributed by atoms with Gasteiger partial charge in [0.1, 0.15) is 5.54 Å². The van der Waals surface area contributed by atoms with Crippen LogP contribution in [0.1, 0.15) is 46.5 Å². The molecule has 2 rings (SSSR count). The molecule has 1 aliphatic carbocycles. The Morgan fingerprint density at radius 2 is 2.00 bits per heavy atom. The number of methoxy groups -OCH3 is 1. The maximum absolute atomic E-state index is 12.5. The smallest absolute Gasteiger partial charge is 0.327 e. The van der Waals surface area contributed by atoms with Gasteiger partial charge in [-0.2, -0.15) is 0 Å². The number of nitrogens with zero attached hydrogens (tertiary/aromatic N) is 1. The molecule has 0 aromatic heterocycles. The van der Waals surface area contributed by atoms with Crippen LogP contribution in [0.15, 0.2) is 0 Å². The summed E-state index contributed by atoms with van der Waals surface area (Å²) in [5, 5.41) is 3.55. The van der Waals surface area contributed by atoms with E-state index in [1.54, 1.807) is 0 Å². The van der Waals surface area contributed by atoms with Crippen LogP contribution in [0.4, 0.5) is 0 Å². The molecule has 0 radical (unpaired) electrons. The Labute approximate surface area is 129 Å². The van der Waals surface area contributed by atoms with Gasteiger partial charge in [-0.15, -0.1) is 0 Å². The first-order chi connectivity index (χ1) is 10.0. The van der Waals surface area contributed by atoms with Gasteiger partial charge in [0.2, 0.25) is 0 Å². The topological polar surface area (TPSA) is 41.6 Å². The zero-order chi connectivity index (χ0) is 15.5. The number of carbonyl (C=O) groups excluding carboxylic acids is 1. The maximum atomic E-state index is 12.5. The lowest BCUT2D eigenvalue weighted by atomic mass is 9.86. The average molecular weight is 296 g/mol. The van der Waals surface area contributed by atoms with Crippen LogP contribution >= 0.6 is 0 Å². The normalized spacial score (nSPS) is 29.9. The molecule has 122 valence electrons. The highest BCUT2D eigenvalue weighted by Gasteiger charge is 2.52. The minimum atomic E-state index is -0.481. The molecule has 1 saturated heterocycles. The molecule has 1 aliphatic heterocycles. The molecule has 1 N–H and O–H groups in total. The summed E-state index contributed by atoms with van der Waals surface area (Å²) in [6, 6.07) is 0. The number of esters is 1. The second kappa shape index (κ2) is 7.10. The van der Waals surface area contributed by atoms with Gasteiger partial charge < -0.3 is 15.0 Å². The van der Waals surface area contributed by atoms with Crippen LogP contribution in [-0.2, 0) is 9.53 Å². The van der Waals surface area contributed by atoms with Gasteiger partial charge in [-0.25, -0.2) is 4.79 Å². The third kappa shape index (κ3) is 3.78. The van der Waals surface area contributed by atoms with Gasteiger partial charge in [0.05, 0.1) is 7.11 Å². The van der Waals surface area contributed by atoms with E-state index in [0.29, 0.717) is 11.8 Å². The molecular weight excluding hydrogens is 264 g/mol. The highest BCUT2D eigenvalue weighted by atomic mass is 16.5. The number of rotatable bonds is 7. The fourth-order valence-corrected chi connectivity index (χ4v) is 3.58. The summed E-state index contributed by atoms with van der Waals surface area (Å²) >= 11 is 0. The summed E-state index contributed by atoms with van der Waals surface area (Å²) in [6.07, 6.45) is 4.56. The fraction of sp³-hybridized carbons (Fsp3) is 0.941. The summed E-state index contributed by atoms with van der Waals surface area (Å²) in [5.74, 6) is 1.88. The number of ether oxygens (including phenoxy) is 1. The van der Waals surface area contributed by atoms with Gasteiger partial charge in [-0.3, -0.25) is 0 Å². The van der Waals surface area contributed by atoms with Crippen LogP contribution in [-0.4, -0.2) is 49.7 Å². The van der Waals surface area contributed by atoms with Crippen molar-refractivity contribution in [1.82, 2.24) is 10.2 Å². The zero-order valence-electron chi connectivity index (χ0n) is 14.2. The second-order valence-electron chi connectivity index (χ2n) is 7.14. The average Bonchev–Trinajstić information content (AvgIpc) is 3.31. The van der Waals surface area contributed by atoms with Gasteiger partial charge in [-0.1, -0.05) is 20.8 Å². The standard InChI is InChI=1S/C17H32N2O2/c1-5-9-18-17(15-6-7-15,16(20)21-4)12-19-10-8-13(2)14(3)11-19/h13-15,18H,5-12H2,1-4H3. The van der Waals surface area contributed by atoms with Crippen molar-refractivity contribution in [3.63, 3.8) is 0 Å². The van der Waals surface area contributed by atoms with Gasteiger partial charge in [0.25, 0.3) is 0 Å². The fourth-order valence-electron chi connectivity index (χ4n) is 3.58. The molecule has 4 nitrogen and oxygen atoms in total. The van der Waals surface area contributed by atoms with E-state index in [4.69, 9.17) is 4.74 Å². The lowest BCUT2D eigenvalue weighted by Gasteiger charge is -2.42. The zero-order valence-corrected chi connectivity index (χ0v) is 14.2. The number of likely N-dealkylation sites (tertiary alicyclic amines) is 1. The molecule has 4 heteroatoms. The first-order valence-electron chi connectivity index (χ1n) is 8.59. The lowest BCUT2D eigenvalue weighted by molar-refractivity contribution is -0.151. The number of carbonyl (C=O) groups is 1. The molecular formula is C17H32N2O2. The maximum Gasteiger partial charge on any atom is 0.327 e. The predicted molar refractivity (Wildman–Crippen MR) is 85.1 cm³/mol.